The minimum absolute atomic E-state index is 0.118. The molecule has 116 valence electrons. The maximum Gasteiger partial charge on any atom is 0.241 e. The highest BCUT2D eigenvalue weighted by atomic mass is 19.1. The van der Waals surface area contributed by atoms with Gasteiger partial charge in [0.1, 0.15) is 5.82 Å². The van der Waals surface area contributed by atoms with E-state index in [9.17, 15) is 9.18 Å². The van der Waals surface area contributed by atoms with E-state index in [1.165, 1.54) is 18.2 Å². The molecule has 1 fully saturated rings. The molecule has 0 spiro atoms. The monoisotopic (exact) mass is 295 g/mol. The summed E-state index contributed by atoms with van der Waals surface area (Å²) in [5.41, 5.74) is 6.15. The number of nitrogens with one attached hydrogen (secondary N) is 1. The van der Waals surface area contributed by atoms with Crippen LogP contribution in [0.2, 0.25) is 0 Å². The number of carbonyl (C=O) groups is 1. The molecule has 3 N–H and O–H groups in total. The maximum atomic E-state index is 13.6. The summed E-state index contributed by atoms with van der Waals surface area (Å²) in [6.07, 6.45) is 1.81. The Balaban J connectivity index is 1.99. The van der Waals surface area contributed by atoms with Crippen LogP contribution in [-0.2, 0) is 9.53 Å². The fourth-order valence-corrected chi connectivity index (χ4v) is 2.47. The predicted molar refractivity (Wildman–Crippen MR) is 80.5 cm³/mol. The number of nitrogens with zero attached hydrogens (tertiary/aromatic N) is 1. The Hall–Kier alpha value is -1.66. The summed E-state index contributed by atoms with van der Waals surface area (Å²) in [6, 6.07) is 4.09. The lowest BCUT2D eigenvalue weighted by atomic mass is 10.1. The number of anilines is 2. The third kappa shape index (κ3) is 3.92. The number of nitrogens with two attached hydrogens (primary N) is 1. The Morgan fingerprint density at radius 3 is 2.81 bits per heavy atom. The van der Waals surface area contributed by atoms with Crippen molar-refractivity contribution in [2.45, 2.75) is 31.8 Å². The number of likely N-dealkylation sites (N-methyl/N-ethyl adjacent to an activating group) is 1. The molecule has 0 aliphatic carbocycles. The van der Waals surface area contributed by atoms with Crippen LogP contribution in [0.15, 0.2) is 18.2 Å². The standard InChI is InChI=1S/C15H22FN3O2/c1-10(19(2)12-5-7-21-8-6-12)15(20)18-14-9-11(17)3-4-13(14)16/h3-4,9-10,12H,5-8,17H2,1-2H3,(H,18,20). The first kappa shape index (κ1) is 15.7. The molecule has 0 radical (unpaired) electrons. The van der Waals surface area contributed by atoms with Gasteiger partial charge in [0.2, 0.25) is 5.91 Å². The molecule has 1 aromatic rings. The summed E-state index contributed by atoms with van der Waals surface area (Å²) in [7, 11) is 1.91. The lowest BCUT2D eigenvalue weighted by Gasteiger charge is -2.34. The van der Waals surface area contributed by atoms with Gasteiger partial charge in [-0.2, -0.15) is 0 Å². The second kappa shape index (κ2) is 6.87. The molecule has 5 nitrogen and oxygen atoms in total. The van der Waals surface area contributed by atoms with Crippen molar-refractivity contribution in [1.29, 1.82) is 0 Å². The third-order valence-corrected chi connectivity index (χ3v) is 4.01. The number of rotatable bonds is 4. The molecule has 1 amide bonds. The molecule has 0 saturated carbocycles. The largest absolute Gasteiger partial charge is 0.399 e. The molecule has 1 saturated heterocycles. The first-order chi connectivity index (χ1) is 9.99. The summed E-state index contributed by atoms with van der Waals surface area (Å²) in [6.45, 7) is 3.25. The average molecular weight is 295 g/mol. The zero-order valence-corrected chi connectivity index (χ0v) is 12.4. The van der Waals surface area contributed by atoms with Crippen molar-refractivity contribution >= 4 is 17.3 Å². The van der Waals surface area contributed by atoms with E-state index in [2.05, 4.69) is 5.32 Å². The molecule has 1 heterocycles. The first-order valence-corrected chi connectivity index (χ1v) is 7.14. The van der Waals surface area contributed by atoms with Crippen molar-refractivity contribution in [2.24, 2.45) is 0 Å². The second-order valence-corrected chi connectivity index (χ2v) is 5.41. The van der Waals surface area contributed by atoms with Gasteiger partial charge in [-0.1, -0.05) is 0 Å². The van der Waals surface area contributed by atoms with Crippen LogP contribution in [0.5, 0.6) is 0 Å². The van der Waals surface area contributed by atoms with Crippen molar-refractivity contribution in [2.75, 3.05) is 31.3 Å². The van der Waals surface area contributed by atoms with Crippen molar-refractivity contribution in [3.05, 3.63) is 24.0 Å². The molecule has 0 aromatic heterocycles. The molecular formula is C15H22FN3O2. The van der Waals surface area contributed by atoms with Crippen LogP contribution < -0.4 is 11.1 Å². The van der Waals surface area contributed by atoms with Crippen LogP contribution in [0.3, 0.4) is 0 Å². The zero-order valence-electron chi connectivity index (χ0n) is 12.4. The van der Waals surface area contributed by atoms with E-state index in [4.69, 9.17) is 10.5 Å². The van der Waals surface area contributed by atoms with Crippen LogP contribution in [0.25, 0.3) is 0 Å². The number of hydrogen-bond acceptors (Lipinski definition) is 4. The number of carbonyl (C=O) groups excluding carboxylic acids is 1. The van der Waals surface area contributed by atoms with E-state index in [1.807, 2.05) is 18.9 Å². The molecule has 1 atom stereocenters. The Morgan fingerprint density at radius 1 is 1.48 bits per heavy atom. The van der Waals surface area contributed by atoms with Crippen LogP contribution >= 0.6 is 0 Å². The first-order valence-electron chi connectivity index (χ1n) is 7.14. The van der Waals surface area contributed by atoms with Crippen LogP contribution in [-0.4, -0.2) is 43.2 Å². The van der Waals surface area contributed by atoms with Gasteiger partial charge in [-0.15, -0.1) is 0 Å². The smallest absolute Gasteiger partial charge is 0.241 e. The number of halogens is 1. The van der Waals surface area contributed by atoms with Gasteiger partial charge in [-0.05, 0) is 45.0 Å². The fourth-order valence-electron chi connectivity index (χ4n) is 2.47. The van der Waals surface area contributed by atoms with Gasteiger partial charge >= 0.3 is 0 Å². The number of hydrogen-bond donors (Lipinski definition) is 2. The van der Waals surface area contributed by atoms with Crippen LogP contribution in [0, 0.1) is 5.82 Å². The van der Waals surface area contributed by atoms with Gasteiger partial charge in [-0.25, -0.2) is 4.39 Å². The van der Waals surface area contributed by atoms with Crippen LogP contribution in [0.4, 0.5) is 15.8 Å². The predicted octanol–water partition coefficient (Wildman–Crippen LogP) is 1.85. The summed E-state index contributed by atoms with van der Waals surface area (Å²) < 4.78 is 19.0. The Bertz CT molecular complexity index is 504. The molecule has 21 heavy (non-hydrogen) atoms. The molecule has 6 heteroatoms. The summed E-state index contributed by atoms with van der Waals surface area (Å²) in [5.74, 6) is -0.730. The Kier molecular flexibility index (Phi) is 5.14. The van der Waals surface area contributed by atoms with Gasteiger partial charge in [0.05, 0.1) is 11.7 Å². The van der Waals surface area contributed by atoms with Gasteiger partial charge in [0, 0.05) is 24.9 Å². The minimum Gasteiger partial charge on any atom is -0.399 e. The topological polar surface area (TPSA) is 67.6 Å². The van der Waals surface area contributed by atoms with Crippen LogP contribution in [0.1, 0.15) is 19.8 Å². The average Bonchev–Trinajstić information content (AvgIpc) is 2.50. The van der Waals surface area contributed by atoms with Gasteiger partial charge in [0.15, 0.2) is 0 Å². The van der Waals surface area contributed by atoms with Crippen molar-refractivity contribution in [1.82, 2.24) is 4.90 Å². The highest BCUT2D eigenvalue weighted by Gasteiger charge is 2.26. The molecular weight excluding hydrogens is 273 g/mol. The number of amides is 1. The third-order valence-electron chi connectivity index (χ3n) is 4.01. The number of benzene rings is 1. The molecule has 2 rings (SSSR count). The lowest BCUT2D eigenvalue weighted by Crippen LogP contribution is -2.47. The summed E-state index contributed by atoms with van der Waals surface area (Å²) in [5, 5.41) is 2.60. The summed E-state index contributed by atoms with van der Waals surface area (Å²) >= 11 is 0. The summed E-state index contributed by atoms with van der Waals surface area (Å²) in [4.78, 5) is 14.3. The van der Waals surface area contributed by atoms with E-state index >= 15 is 0 Å². The number of nitrogen functional groups attached to an aromatic ring is 1. The van der Waals surface area contributed by atoms with Gasteiger partial charge < -0.3 is 15.8 Å². The normalized spacial score (nSPS) is 17.7. The molecule has 1 aliphatic heterocycles. The number of ether oxygens (including phenoxy) is 1. The van der Waals surface area contributed by atoms with Crippen molar-refractivity contribution < 1.29 is 13.9 Å². The Morgan fingerprint density at radius 2 is 2.14 bits per heavy atom. The van der Waals surface area contributed by atoms with E-state index < -0.39 is 5.82 Å². The molecule has 1 aromatic carbocycles. The maximum absolute atomic E-state index is 13.6. The van der Waals surface area contributed by atoms with E-state index in [-0.39, 0.29) is 17.6 Å². The highest BCUT2D eigenvalue weighted by Crippen LogP contribution is 2.19. The second-order valence-electron chi connectivity index (χ2n) is 5.41. The quantitative estimate of drug-likeness (QED) is 0.832. The molecule has 1 unspecified atom stereocenters. The molecule has 1 aliphatic rings. The SMILES string of the molecule is CC(C(=O)Nc1cc(N)ccc1F)N(C)C1CCOCC1. The zero-order chi connectivity index (χ0) is 15.4. The van der Waals surface area contributed by atoms with Gasteiger partial charge in [0.25, 0.3) is 0 Å². The van der Waals surface area contributed by atoms with E-state index in [0.29, 0.717) is 24.9 Å². The van der Waals surface area contributed by atoms with E-state index in [0.717, 1.165) is 12.8 Å². The minimum atomic E-state index is -0.488. The van der Waals surface area contributed by atoms with Crippen molar-refractivity contribution in [3.8, 4) is 0 Å². The molecule has 0 bridgehead atoms. The van der Waals surface area contributed by atoms with Crippen molar-refractivity contribution in [3.63, 3.8) is 0 Å². The van der Waals surface area contributed by atoms with E-state index in [1.54, 1.807) is 0 Å². The highest BCUT2D eigenvalue weighted by molar-refractivity contribution is 5.95. The Labute approximate surface area is 124 Å². The van der Waals surface area contributed by atoms with Gasteiger partial charge in [-0.3, -0.25) is 9.69 Å². The lowest BCUT2D eigenvalue weighted by molar-refractivity contribution is -0.121. The fraction of sp³-hybridized carbons (Fsp3) is 0.533.